The van der Waals surface area contributed by atoms with Gasteiger partial charge in [-0.05, 0) is 52.3 Å². The summed E-state index contributed by atoms with van der Waals surface area (Å²) >= 11 is 0. The number of methoxy groups -OCH3 is 1. The number of nitrogens with one attached hydrogen (secondary N) is 1. The number of rotatable bonds is 11. The Labute approximate surface area is 270 Å². The Hall–Kier alpha value is -2.99. The average molecular weight is 618 g/mol. The third kappa shape index (κ3) is 6.66. The van der Waals surface area contributed by atoms with Crippen molar-refractivity contribution in [2.24, 2.45) is 0 Å². The van der Waals surface area contributed by atoms with E-state index in [-0.39, 0.29) is 30.7 Å². The zero-order valence-corrected chi connectivity index (χ0v) is 27.8. The molecule has 44 heavy (non-hydrogen) atoms. The molecule has 2 unspecified atom stereocenters. The molecule has 2 aromatic rings. The van der Waals surface area contributed by atoms with Crippen LogP contribution in [0.2, 0.25) is 0 Å². The first-order chi connectivity index (χ1) is 20.9. The van der Waals surface area contributed by atoms with E-state index in [2.05, 4.69) is 82.4 Å². The van der Waals surface area contributed by atoms with Gasteiger partial charge in [-0.1, -0.05) is 90.1 Å². The lowest BCUT2D eigenvalue weighted by Crippen LogP contribution is -3.06. The monoisotopic (exact) mass is 617 g/mol. The van der Waals surface area contributed by atoms with E-state index >= 15 is 0 Å². The normalized spacial score (nSPS) is 20.1. The fraction of sp³-hybridized carbons (Fsp3) is 0.474. The highest BCUT2D eigenvalue weighted by Crippen LogP contribution is 2.43. The predicted molar refractivity (Wildman–Crippen MR) is 172 cm³/mol. The van der Waals surface area contributed by atoms with Crippen molar-refractivity contribution >= 4 is 5.70 Å². The number of fused-ring (bicyclic) bond motifs is 5. The van der Waals surface area contributed by atoms with Crippen LogP contribution in [0.1, 0.15) is 88.5 Å². The van der Waals surface area contributed by atoms with Crippen molar-refractivity contribution in [3.05, 3.63) is 99.5 Å². The molecular formula is C38H48ClNO4. The summed E-state index contributed by atoms with van der Waals surface area (Å²) in [6.07, 6.45) is 15.9. The van der Waals surface area contributed by atoms with E-state index in [1.165, 1.54) is 81.7 Å². The van der Waals surface area contributed by atoms with Gasteiger partial charge in [-0.3, -0.25) is 4.90 Å². The molecule has 0 saturated carbocycles. The maximum Gasteiger partial charge on any atom is 0.231 e. The van der Waals surface area contributed by atoms with Crippen LogP contribution >= 0.6 is 0 Å². The summed E-state index contributed by atoms with van der Waals surface area (Å²) in [5.74, 6) is 2.59. The van der Waals surface area contributed by atoms with Gasteiger partial charge in [0.2, 0.25) is 6.79 Å². The zero-order valence-electron chi connectivity index (χ0n) is 27.1. The molecule has 0 aromatic heterocycles. The fourth-order valence-electron chi connectivity index (χ4n) is 6.83. The van der Waals surface area contributed by atoms with E-state index in [0.717, 1.165) is 49.7 Å². The van der Waals surface area contributed by atoms with Crippen LogP contribution in [0.4, 0.5) is 0 Å². The van der Waals surface area contributed by atoms with Crippen LogP contribution in [-0.2, 0) is 27.7 Å². The standard InChI is InChI=1S/C38H47NO4.ClH/c1-6-7-8-9-10-11-20-41-37-32-24-39-19-18-27-22-34-35(43-25-42-34)23-30(27)36(39)31(29(32)16-17-33(37)40-5)21-26-12-14-28(15-13-26)38(2,3)4;/h12-17,22-24,37H,6-11,18-21,25H2,1-5H3;1H. The quantitative estimate of drug-likeness (QED) is 0.384. The Morgan fingerprint density at radius 3 is 2.39 bits per heavy atom. The van der Waals surface area contributed by atoms with Gasteiger partial charge in [-0.25, -0.2) is 0 Å². The van der Waals surface area contributed by atoms with Crippen LogP contribution in [-0.4, -0.2) is 33.2 Å². The summed E-state index contributed by atoms with van der Waals surface area (Å²) in [6.45, 7) is 11.1. The summed E-state index contributed by atoms with van der Waals surface area (Å²) in [5, 5.41) is 0. The van der Waals surface area contributed by atoms with Crippen LogP contribution in [0, 0.1) is 0 Å². The second-order valence-corrected chi connectivity index (χ2v) is 13.3. The molecule has 0 spiro atoms. The van der Waals surface area contributed by atoms with Gasteiger partial charge in [0.25, 0.3) is 0 Å². The maximum absolute atomic E-state index is 6.65. The van der Waals surface area contributed by atoms with Crippen molar-refractivity contribution in [3.8, 4) is 11.5 Å². The van der Waals surface area contributed by atoms with Crippen molar-refractivity contribution in [1.82, 2.24) is 0 Å². The molecule has 0 fully saturated rings. The first kappa shape index (κ1) is 32.4. The van der Waals surface area contributed by atoms with Gasteiger partial charge in [0, 0.05) is 36.2 Å². The number of ether oxygens (including phenoxy) is 4. The van der Waals surface area contributed by atoms with Crippen molar-refractivity contribution in [3.63, 3.8) is 0 Å². The van der Waals surface area contributed by atoms with Gasteiger partial charge in [-0.15, -0.1) is 0 Å². The number of quaternary nitrogens is 1. The van der Waals surface area contributed by atoms with Crippen LogP contribution in [0.5, 0.6) is 11.5 Å². The molecule has 1 N–H and O–H groups in total. The number of allylic oxidation sites excluding steroid dienone is 3. The first-order valence-corrected chi connectivity index (χ1v) is 16.3. The highest BCUT2D eigenvalue weighted by atomic mass is 35.5. The SMILES string of the molecule is CCCCCCCCOC1C(OC)=CC=C2C1=C[NH+]1CCc3cc4c(cc3C1=C2Cc1ccc(C(C)(C)C)cc1)OCO4.[Cl-]. The van der Waals surface area contributed by atoms with Gasteiger partial charge in [0.05, 0.1) is 13.7 Å². The minimum Gasteiger partial charge on any atom is -1.00 e. The Morgan fingerprint density at radius 1 is 0.932 bits per heavy atom. The van der Waals surface area contributed by atoms with Crippen LogP contribution in [0.15, 0.2) is 77.2 Å². The van der Waals surface area contributed by atoms with Crippen molar-refractivity contribution in [2.45, 2.75) is 90.6 Å². The van der Waals surface area contributed by atoms with E-state index in [9.17, 15) is 0 Å². The molecule has 0 radical (unpaired) electrons. The molecule has 6 rings (SSSR count). The third-order valence-electron chi connectivity index (χ3n) is 9.29. The fourth-order valence-corrected chi connectivity index (χ4v) is 6.83. The zero-order chi connectivity index (χ0) is 30.0. The third-order valence-corrected chi connectivity index (χ3v) is 9.29. The van der Waals surface area contributed by atoms with E-state index in [0.29, 0.717) is 0 Å². The largest absolute Gasteiger partial charge is 1.00 e. The Kier molecular flexibility index (Phi) is 10.3. The van der Waals surface area contributed by atoms with Gasteiger partial charge in [0.15, 0.2) is 11.5 Å². The molecule has 5 nitrogen and oxygen atoms in total. The molecule has 3 aliphatic heterocycles. The molecule has 1 aliphatic carbocycles. The summed E-state index contributed by atoms with van der Waals surface area (Å²) in [4.78, 5) is 1.38. The minimum absolute atomic E-state index is 0. The van der Waals surface area contributed by atoms with Crippen LogP contribution in [0.3, 0.4) is 0 Å². The van der Waals surface area contributed by atoms with Gasteiger partial charge < -0.3 is 31.4 Å². The van der Waals surface area contributed by atoms with Crippen molar-refractivity contribution < 1.29 is 36.3 Å². The van der Waals surface area contributed by atoms with Gasteiger partial charge in [-0.2, -0.15) is 0 Å². The molecule has 0 saturated heterocycles. The second-order valence-electron chi connectivity index (χ2n) is 13.3. The smallest absolute Gasteiger partial charge is 0.231 e. The highest BCUT2D eigenvalue weighted by molar-refractivity contribution is 5.77. The molecule has 236 valence electrons. The number of hydrogen-bond donors (Lipinski definition) is 1. The topological polar surface area (TPSA) is 41.4 Å². The van der Waals surface area contributed by atoms with Crippen LogP contribution < -0.4 is 26.8 Å². The Bertz CT molecular complexity index is 1460. The molecule has 0 bridgehead atoms. The highest BCUT2D eigenvalue weighted by Gasteiger charge is 2.40. The van der Waals surface area contributed by atoms with E-state index < -0.39 is 0 Å². The van der Waals surface area contributed by atoms with Gasteiger partial charge >= 0.3 is 0 Å². The maximum atomic E-state index is 6.65. The van der Waals surface area contributed by atoms with Crippen molar-refractivity contribution in [1.29, 1.82) is 0 Å². The number of halogens is 1. The molecule has 4 aliphatic rings. The minimum atomic E-state index is -0.189. The molecule has 3 heterocycles. The van der Waals surface area contributed by atoms with Crippen molar-refractivity contribution in [2.75, 3.05) is 27.1 Å². The van der Waals surface area contributed by atoms with E-state index in [1.54, 1.807) is 7.11 Å². The van der Waals surface area contributed by atoms with Gasteiger partial charge in [0.1, 0.15) is 23.8 Å². The summed E-state index contributed by atoms with van der Waals surface area (Å²) in [6, 6.07) is 13.6. The predicted octanol–water partition coefficient (Wildman–Crippen LogP) is 4.23. The number of unbranched alkanes of at least 4 members (excludes halogenated alkanes) is 5. The molecule has 2 aromatic carbocycles. The molecule has 6 heteroatoms. The first-order valence-electron chi connectivity index (χ1n) is 16.3. The lowest BCUT2D eigenvalue weighted by molar-refractivity contribution is -0.771. The van der Waals surface area contributed by atoms with Crippen LogP contribution in [0.25, 0.3) is 5.70 Å². The Morgan fingerprint density at radius 2 is 1.66 bits per heavy atom. The molecular weight excluding hydrogens is 570 g/mol. The lowest BCUT2D eigenvalue weighted by Gasteiger charge is -2.36. The van der Waals surface area contributed by atoms with E-state index in [4.69, 9.17) is 18.9 Å². The number of hydrogen-bond acceptors (Lipinski definition) is 4. The lowest BCUT2D eigenvalue weighted by atomic mass is 9.79. The Balaban J connectivity index is 0.00000384. The summed E-state index contributed by atoms with van der Waals surface area (Å²) in [7, 11) is 1.76. The second kappa shape index (κ2) is 14.0. The summed E-state index contributed by atoms with van der Waals surface area (Å²) in [5.41, 5.74) is 10.6. The average Bonchev–Trinajstić information content (AvgIpc) is 3.46. The molecule has 2 atom stereocenters. The number of benzene rings is 2. The summed E-state index contributed by atoms with van der Waals surface area (Å²) < 4.78 is 24.2. The van der Waals surface area contributed by atoms with E-state index in [1.807, 2.05) is 0 Å². The molecule has 0 amide bonds.